The number of fused-ring (bicyclic) bond motifs is 4. The smallest absolute Gasteiger partial charge is 0.270 e. The van der Waals surface area contributed by atoms with Crippen molar-refractivity contribution in [2.24, 2.45) is 5.92 Å². The van der Waals surface area contributed by atoms with Crippen LogP contribution in [0.3, 0.4) is 0 Å². The third kappa shape index (κ3) is 2.51. The van der Waals surface area contributed by atoms with E-state index in [9.17, 15) is 10.1 Å². The van der Waals surface area contributed by atoms with E-state index in [2.05, 4.69) is 5.32 Å². The van der Waals surface area contributed by atoms with Gasteiger partial charge in [-0.3, -0.25) is 15.0 Å². The topological polar surface area (TPSA) is 76.9 Å². The Labute approximate surface area is 162 Å². The van der Waals surface area contributed by atoms with Gasteiger partial charge in [-0.15, -0.1) is 0 Å². The molecule has 0 saturated carbocycles. The van der Waals surface area contributed by atoms with Crippen molar-refractivity contribution in [1.29, 1.82) is 0 Å². The molecule has 4 rings (SSSR count). The lowest BCUT2D eigenvalue weighted by Crippen LogP contribution is -2.69. The number of rotatable bonds is 3. The summed E-state index contributed by atoms with van der Waals surface area (Å²) < 4.78 is 11.9. The van der Waals surface area contributed by atoms with Gasteiger partial charge in [-0.2, -0.15) is 0 Å². The standard InChI is InChI=1S/C19H19N3O4S/c1-11-17-13-10-12(22(23)24)8-9-15(13)26-19(11,2)21(18(27)20-17)14-6-4-5-7-16(14)25-3/h4-11,17H,1-3H3,(H,20,27)/t11-,17-,19-/m0/s1. The molecule has 0 radical (unpaired) electrons. The van der Waals surface area contributed by atoms with Gasteiger partial charge in [-0.1, -0.05) is 19.1 Å². The molecule has 7 nitrogen and oxygen atoms in total. The van der Waals surface area contributed by atoms with E-state index in [4.69, 9.17) is 21.7 Å². The summed E-state index contributed by atoms with van der Waals surface area (Å²) in [5.74, 6) is 1.26. The number of nitro groups is 1. The molecule has 1 N–H and O–H groups in total. The first-order chi connectivity index (χ1) is 12.9. The van der Waals surface area contributed by atoms with Gasteiger partial charge in [0.2, 0.25) is 0 Å². The normalized spacial score (nSPS) is 25.9. The Kier molecular flexibility index (Phi) is 3.96. The highest BCUT2D eigenvalue weighted by atomic mass is 32.1. The van der Waals surface area contributed by atoms with E-state index in [1.807, 2.05) is 43.0 Å². The number of thiocarbonyl (C=S) groups is 1. The number of methoxy groups -OCH3 is 1. The van der Waals surface area contributed by atoms with Crippen molar-refractivity contribution in [3.8, 4) is 11.5 Å². The third-order valence-electron chi connectivity index (χ3n) is 5.45. The van der Waals surface area contributed by atoms with E-state index in [1.54, 1.807) is 19.2 Å². The number of nitro benzene ring substituents is 1. The Bertz CT molecular complexity index is 950. The van der Waals surface area contributed by atoms with Crippen LogP contribution in [-0.2, 0) is 0 Å². The molecule has 0 spiro atoms. The zero-order chi connectivity index (χ0) is 19.3. The van der Waals surface area contributed by atoms with Gasteiger partial charge >= 0.3 is 0 Å². The second kappa shape index (κ2) is 6.09. The maximum Gasteiger partial charge on any atom is 0.270 e. The molecule has 0 amide bonds. The zero-order valence-corrected chi connectivity index (χ0v) is 15.9. The number of anilines is 1. The SMILES string of the molecule is COc1ccccc1N1C(=S)N[C@@H]2c3cc([N+](=O)[O-])ccc3O[C@@]1(C)[C@H]2C. The van der Waals surface area contributed by atoms with Gasteiger partial charge < -0.3 is 14.8 Å². The maximum absolute atomic E-state index is 11.2. The first-order valence-electron chi connectivity index (χ1n) is 8.58. The number of para-hydroxylation sites is 2. The molecule has 3 atom stereocenters. The Balaban J connectivity index is 1.85. The van der Waals surface area contributed by atoms with Crippen LogP contribution in [-0.4, -0.2) is 22.9 Å². The van der Waals surface area contributed by atoms with Crippen LogP contribution in [0.25, 0.3) is 0 Å². The molecule has 140 valence electrons. The molecule has 2 heterocycles. The minimum absolute atomic E-state index is 0.0352. The average Bonchev–Trinajstić information content (AvgIpc) is 2.64. The molecule has 0 aromatic heterocycles. The summed E-state index contributed by atoms with van der Waals surface area (Å²) in [5, 5.41) is 15.0. The van der Waals surface area contributed by atoms with Crippen molar-refractivity contribution in [3.05, 3.63) is 58.1 Å². The summed E-state index contributed by atoms with van der Waals surface area (Å²) in [6.07, 6.45) is 0. The minimum atomic E-state index is -0.773. The van der Waals surface area contributed by atoms with Crippen LogP contribution >= 0.6 is 12.2 Å². The molecular weight excluding hydrogens is 366 g/mol. The fourth-order valence-corrected chi connectivity index (χ4v) is 4.30. The molecule has 8 heteroatoms. The Morgan fingerprint density at radius 3 is 2.78 bits per heavy atom. The Hall–Kier alpha value is -2.87. The van der Waals surface area contributed by atoms with Crippen molar-refractivity contribution in [2.75, 3.05) is 12.0 Å². The molecule has 2 bridgehead atoms. The van der Waals surface area contributed by atoms with Gasteiger partial charge in [0.15, 0.2) is 10.8 Å². The highest BCUT2D eigenvalue weighted by molar-refractivity contribution is 7.80. The predicted molar refractivity (Wildman–Crippen MR) is 105 cm³/mol. The van der Waals surface area contributed by atoms with Gasteiger partial charge in [0.05, 0.1) is 23.8 Å². The number of hydrogen-bond acceptors (Lipinski definition) is 5. The van der Waals surface area contributed by atoms with Crippen LogP contribution in [0.2, 0.25) is 0 Å². The summed E-state index contributed by atoms with van der Waals surface area (Å²) in [5.41, 5.74) is 0.810. The molecule has 2 aromatic carbocycles. The molecule has 0 unspecified atom stereocenters. The van der Waals surface area contributed by atoms with Crippen LogP contribution in [0.5, 0.6) is 11.5 Å². The first kappa shape index (κ1) is 17.5. The molecule has 2 aliphatic heterocycles. The predicted octanol–water partition coefficient (Wildman–Crippen LogP) is 3.78. The number of nitrogens with zero attached hydrogens (tertiary/aromatic N) is 2. The van der Waals surface area contributed by atoms with Crippen molar-refractivity contribution in [3.63, 3.8) is 0 Å². The summed E-state index contributed by atoms with van der Waals surface area (Å²) in [4.78, 5) is 12.7. The maximum atomic E-state index is 11.2. The van der Waals surface area contributed by atoms with E-state index in [1.165, 1.54) is 6.07 Å². The van der Waals surface area contributed by atoms with Crippen molar-refractivity contribution in [2.45, 2.75) is 25.6 Å². The van der Waals surface area contributed by atoms with Gasteiger partial charge in [0.25, 0.3) is 5.69 Å². The van der Waals surface area contributed by atoms with Gasteiger partial charge in [-0.05, 0) is 37.3 Å². The largest absolute Gasteiger partial charge is 0.495 e. The number of nitrogens with one attached hydrogen (secondary N) is 1. The summed E-state index contributed by atoms with van der Waals surface area (Å²) in [7, 11) is 1.62. The molecule has 0 aliphatic carbocycles. The fourth-order valence-electron chi connectivity index (χ4n) is 3.89. The van der Waals surface area contributed by atoms with Crippen molar-refractivity contribution >= 4 is 28.7 Å². The van der Waals surface area contributed by atoms with E-state index >= 15 is 0 Å². The fraction of sp³-hybridized carbons (Fsp3) is 0.316. The number of benzene rings is 2. The molecule has 2 aromatic rings. The highest BCUT2D eigenvalue weighted by Gasteiger charge is 2.54. The molecule has 27 heavy (non-hydrogen) atoms. The molecule has 1 fully saturated rings. The minimum Gasteiger partial charge on any atom is -0.495 e. The van der Waals surface area contributed by atoms with Crippen LogP contribution in [0.1, 0.15) is 25.5 Å². The van der Waals surface area contributed by atoms with Crippen LogP contribution in [0.15, 0.2) is 42.5 Å². The Morgan fingerprint density at radius 2 is 2.07 bits per heavy atom. The first-order valence-corrected chi connectivity index (χ1v) is 8.98. The number of hydrogen-bond donors (Lipinski definition) is 1. The molecule has 2 aliphatic rings. The number of ether oxygens (including phenoxy) is 2. The van der Waals surface area contributed by atoms with Crippen LogP contribution < -0.4 is 19.7 Å². The van der Waals surface area contributed by atoms with Crippen LogP contribution in [0.4, 0.5) is 11.4 Å². The lowest BCUT2D eigenvalue weighted by atomic mass is 9.80. The van der Waals surface area contributed by atoms with E-state index in [-0.39, 0.29) is 17.6 Å². The van der Waals surface area contributed by atoms with Crippen molar-refractivity contribution in [1.82, 2.24) is 5.32 Å². The second-order valence-corrected chi connectivity index (χ2v) is 7.25. The lowest BCUT2D eigenvalue weighted by Gasteiger charge is -2.56. The second-order valence-electron chi connectivity index (χ2n) is 6.86. The molecule has 1 saturated heterocycles. The average molecular weight is 385 g/mol. The lowest BCUT2D eigenvalue weighted by molar-refractivity contribution is -0.385. The summed E-state index contributed by atoms with van der Waals surface area (Å²) in [6.45, 7) is 4.03. The Morgan fingerprint density at radius 1 is 1.33 bits per heavy atom. The third-order valence-corrected chi connectivity index (χ3v) is 5.75. The van der Waals surface area contributed by atoms with E-state index in [0.29, 0.717) is 16.6 Å². The van der Waals surface area contributed by atoms with Gasteiger partial charge in [-0.25, -0.2) is 0 Å². The monoisotopic (exact) mass is 385 g/mol. The highest BCUT2D eigenvalue weighted by Crippen LogP contribution is 2.50. The summed E-state index contributed by atoms with van der Waals surface area (Å²) >= 11 is 5.65. The van der Waals surface area contributed by atoms with Crippen LogP contribution in [0, 0.1) is 16.0 Å². The quantitative estimate of drug-likeness (QED) is 0.489. The van der Waals surface area contributed by atoms with Gasteiger partial charge in [0.1, 0.15) is 11.5 Å². The summed E-state index contributed by atoms with van der Waals surface area (Å²) in [6, 6.07) is 12.1. The van der Waals surface area contributed by atoms with Crippen molar-refractivity contribution < 1.29 is 14.4 Å². The zero-order valence-electron chi connectivity index (χ0n) is 15.1. The van der Waals surface area contributed by atoms with E-state index < -0.39 is 10.6 Å². The van der Waals surface area contributed by atoms with E-state index in [0.717, 1.165) is 11.3 Å². The number of non-ortho nitro benzene ring substituents is 1. The van der Waals surface area contributed by atoms with Gasteiger partial charge in [0, 0.05) is 23.6 Å². The molecular formula is C19H19N3O4S.